The molecule has 1 fully saturated rings. The van der Waals surface area contributed by atoms with Crippen LogP contribution in [-0.4, -0.2) is 24.7 Å². The average molecular weight is 267 g/mol. The zero-order valence-corrected chi connectivity index (χ0v) is 11.9. The van der Waals surface area contributed by atoms with Crippen molar-refractivity contribution >= 4 is 0 Å². The second kappa shape index (κ2) is 6.21. The van der Waals surface area contributed by atoms with Crippen LogP contribution >= 0.6 is 0 Å². The van der Waals surface area contributed by atoms with Crippen molar-refractivity contribution in [3.63, 3.8) is 0 Å². The first kappa shape index (κ1) is 13.3. The Kier molecular flexibility index (Phi) is 4.14. The Morgan fingerprint density at radius 3 is 1.95 bits per heavy atom. The van der Waals surface area contributed by atoms with Crippen molar-refractivity contribution in [3.8, 4) is 0 Å². The quantitative estimate of drug-likeness (QED) is 0.834. The van der Waals surface area contributed by atoms with Crippen molar-refractivity contribution in [2.24, 2.45) is 0 Å². The Morgan fingerprint density at radius 2 is 1.50 bits per heavy atom. The minimum Gasteiger partial charge on any atom is -0.350 e. The van der Waals surface area contributed by atoms with Crippen LogP contribution in [0.2, 0.25) is 0 Å². The van der Waals surface area contributed by atoms with Gasteiger partial charge in [-0.1, -0.05) is 60.7 Å². The molecule has 0 bridgehead atoms. The van der Waals surface area contributed by atoms with Gasteiger partial charge in [0.05, 0.1) is 0 Å². The van der Waals surface area contributed by atoms with Gasteiger partial charge in [-0.3, -0.25) is 4.90 Å². The summed E-state index contributed by atoms with van der Waals surface area (Å²) in [5, 5.41) is 0. The summed E-state index contributed by atoms with van der Waals surface area (Å²) in [6.45, 7) is 1.13. The highest BCUT2D eigenvalue weighted by atomic mass is 16.5. The van der Waals surface area contributed by atoms with Crippen molar-refractivity contribution in [1.82, 2.24) is 4.90 Å². The Hall–Kier alpha value is -1.64. The van der Waals surface area contributed by atoms with Crippen molar-refractivity contribution in [2.45, 2.75) is 25.2 Å². The smallest absolute Gasteiger partial charge is 0.111 e. The van der Waals surface area contributed by atoms with Gasteiger partial charge in [-0.15, -0.1) is 0 Å². The highest BCUT2D eigenvalue weighted by molar-refractivity contribution is 5.29. The molecule has 2 nitrogen and oxygen atoms in total. The summed E-state index contributed by atoms with van der Waals surface area (Å²) in [5.41, 5.74) is 2.44. The minimum atomic E-state index is 0.0166. The van der Waals surface area contributed by atoms with E-state index in [1.165, 1.54) is 17.5 Å². The molecule has 1 heterocycles. The molecule has 1 aliphatic heterocycles. The molecule has 2 heteroatoms. The predicted molar refractivity (Wildman–Crippen MR) is 81.5 cm³/mol. The van der Waals surface area contributed by atoms with E-state index in [9.17, 15) is 0 Å². The predicted octanol–water partition coefficient (Wildman–Crippen LogP) is 3.84. The molecule has 0 unspecified atom stereocenters. The summed E-state index contributed by atoms with van der Waals surface area (Å²) in [5.74, 6) is 0. The van der Waals surface area contributed by atoms with Gasteiger partial charge in [0.15, 0.2) is 0 Å². The molecule has 0 radical (unpaired) electrons. The maximum Gasteiger partial charge on any atom is 0.111 e. The second-order valence-corrected chi connectivity index (χ2v) is 5.41. The van der Waals surface area contributed by atoms with Crippen molar-refractivity contribution < 1.29 is 4.74 Å². The molecule has 0 spiro atoms. The summed E-state index contributed by atoms with van der Waals surface area (Å²) >= 11 is 0. The van der Waals surface area contributed by atoms with Crippen LogP contribution in [0.4, 0.5) is 0 Å². The van der Waals surface area contributed by atoms with E-state index in [-0.39, 0.29) is 12.3 Å². The summed E-state index contributed by atoms with van der Waals surface area (Å²) in [7, 11) is 2.14. The number of nitrogens with zero attached hydrogens (tertiary/aromatic N) is 1. The lowest BCUT2D eigenvalue weighted by molar-refractivity contribution is -0.0574. The minimum absolute atomic E-state index is 0.0166. The molecule has 3 rings (SSSR count). The maximum absolute atomic E-state index is 6.42. The molecule has 0 amide bonds. The molecule has 0 N–H and O–H groups in total. The fourth-order valence-electron chi connectivity index (χ4n) is 2.81. The zero-order valence-electron chi connectivity index (χ0n) is 11.9. The van der Waals surface area contributed by atoms with Gasteiger partial charge in [-0.05, 0) is 31.0 Å². The molecule has 1 aliphatic rings. The van der Waals surface area contributed by atoms with Gasteiger partial charge < -0.3 is 4.74 Å². The lowest BCUT2D eigenvalue weighted by Crippen LogP contribution is -2.29. The van der Waals surface area contributed by atoms with E-state index >= 15 is 0 Å². The van der Waals surface area contributed by atoms with E-state index in [4.69, 9.17) is 4.74 Å². The summed E-state index contributed by atoms with van der Waals surface area (Å²) in [6, 6.07) is 21.0. The Balaban J connectivity index is 1.88. The standard InChI is InChI=1S/C18H21NO/c1-19-14-8-13-17(19)20-18(15-9-4-2-5-10-15)16-11-6-3-7-12-16/h2-7,9-12,17-18H,8,13-14H2,1H3/t17-/m1/s1. The van der Waals surface area contributed by atoms with Gasteiger partial charge in [0.2, 0.25) is 0 Å². The van der Waals surface area contributed by atoms with Gasteiger partial charge in [0.1, 0.15) is 12.3 Å². The van der Waals surface area contributed by atoms with Crippen molar-refractivity contribution in [3.05, 3.63) is 71.8 Å². The third kappa shape index (κ3) is 2.92. The van der Waals surface area contributed by atoms with Gasteiger partial charge in [-0.25, -0.2) is 0 Å². The molecule has 2 aromatic rings. The number of ether oxygens (including phenoxy) is 1. The van der Waals surface area contributed by atoms with Gasteiger partial charge >= 0.3 is 0 Å². The first-order chi connectivity index (χ1) is 9.84. The largest absolute Gasteiger partial charge is 0.350 e. The van der Waals surface area contributed by atoms with Crippen LogP contribution < -0.4 is 0 Å². The average Bonchev–Trinajstić information content (AvgIpc) is 2.92. The van der Waals surface area contributed by atoms with Gasteiger partial charge in [-0.2, -0.15) is 0 Å². The first-order valence-corrected chi connectivity index (χ1v) is 7.30. The van der Waals surface area contributed by atoms with Crippen LogP contribution in [0, 0.1) is 0 Å². The fraction of sp³-hybridized carbons (Fsp3) is 0.333. The zero-order chi connectivity index (χ0) is 13.8. The van der Waals surface area contributed by atoms with E-state index in [0.717, 1.165) is 13.0 Å². The van der Waals surface area contributed by atoms with Crippen LogP contribution in [0.15, 0.2) is 60.7 Å². The van der Waals surface area contributed by atoms with Gasteiger partial charge in [0.25, 0.3) is 0 Å². The number of likely N-dealkylation sites (tertiary alicyclic amines) is 1. The lowest BCUT2D eigenvalue weighted by Gasteiger charge is -2.27. The highest BCUT2D eigenvalue weighted by Gasteiger charge is 2.26. The topological polar surface area (TPSA) is 12.5 Å². The number of benzene rings is 2. The van der Waals surface area contributed by atoms with Gasteiger partial charge in [0, 0.05) is 6.54 Å². The molecule has 2 aromatic carbocycles. The van der Waals surface area contributed by atoms with Crippen molar-refractivity contribution in [1.29, 1.82) is 0 Å². The summed E-state index contributed by atoms with van der Waals surface area (Å²) in [6.07, 6.45) is 2.58. The van der Waals surface area contributed by atoms with E-state index in [1.54, 1.807) is 0 Å². The second-order valence-electron chi connectivity index (χ2n) is 5.41. The molecule has 0 aromatic heterocycles. The highest BCUT2D eigenvalue weighted by Crippen LogP contribution is 2.30. The normalized spacial score (nSPS) is 19.6. The Bertz CT molecular complexity index is 486. The van der Waals surface area contributed by atoms with E-state index in [2.05, 4.69) is 60.5 Å². The van der Waals surface area contributed by atoms with Crippen molar-refractivity contribution in [2.75, 3.05) is 13.6 Å². The van der Waals surface area contributed by atoms with E-state index in [1.807, 2.05) is 12.1 Å². The summed E-state index contributed by atoms with van der Waals surface area (Å²) in [4.78, 5) is 2.30. The fourth-order valence-corrected chi connectivity index (χ4v) is 2.81. The first-order valence-electron chi connectivity index (χ1n) is 7.30. The third-order valence-electron chi connectivity index (χ3n) is 3.95. The number of hydrogen-bond donors (Lipinski definition) is 0. The third-order valence-corrected chi connectivity index (χ3v) is 3.95. The molecule has 0 saturated carbocycles. The summed E-state index contributed by atoms with van der Waals surface area (Å²) < 4.78 is 6.42. The molecule has 20 heavy (non-hydrogen) atoms. The molecule has 1 saturated heterocycles. The van der Waals surface area contributed by atoms with Crippen LogP contribution in [0.25, 0.3) is 0 Å². The molecule has 104 valence electrons. The monoisotopic (exact) mass is 267 g/mol. The lowest BCUT2D eigenvalue weighted by atomic mass is 10.0. The van der Waals surface area contributed by atoms with E-state index < -0.39 is 0 Å². The molecule has 0 aliphatic carbocycles. The van der Waals surface area contributed by atoms with E-state index in [0.29, 0.717) is 0 Å². The molecular formula is C18H21NO. The number of hydrogen-bond acceptors (Lipinski definition) is 2. The molecule has 1 atom stereocenters. The van der Waals surface area contributed by atoms with Crippen LogP contribution in [0.1, 0.15) is 30.1 Å². The van der Waals surface area contributed by atoms with Crippen LogP contribution in [0.5, 0.6) is 0 Å². The van der Waals surface area contributed by atoms with Crippen LogP contribution in [-0.2, 0) is 4.74 Å². The Morgan fingerprint density at radius 1 is 0.950 bits per heavy atom. The maximum atomic E-state index is 6.42. The molecular weight excluding hydrogens is 246 g/mol. The van der Waals surface area contributed by atoms with Crippen LogP contribution in [0.3, 0.4) is 0 Å². The number of rotatable bonds is 4. The Labute approximate surface area is 121 Å². The SMILES string of the molecule is CN1CCC[C@H]1OC(c1ccccc1)c1ccccc1.